The molecule has 0 amide bonds. The summed E-state index contributed by atoms with van der Waals surface area (Å²) in [5, 5.41) is 3.25. The molecule has 104 valence electrons. The van der Waals surface area contributed by atoms with E-state index in [1.54, 1.807) is 6.20 Å². The molecule has 1 aliphatic rings. The molecule has 1 unspecified atom stereocenters. The number of aromatic nitrogens is 2. The summed E-state index contributed by atoms with van der Waals surface area (Å²) in [5.41, 5.74) is 0.230. The van der Waals surface area contributed by atoms with Crippen LogP contribution in [0.4, 0.5) is 5.82 Å². The highest BCUT2D eigenvalue weighted by molar-refractivity contribution is 5.87. The Morgan fingerprint density at radius 1 is 1.58 bits per heavy atom. The summed E-state index contributed by atoms with van der Waals surface area (Å²) >= 11 is 0. The zero-order chi connectivity index (χ0) is 13.7. The molecule has 19 heavy (non-hydrogen) atoms. The first-order chi connectivity index (χ1) is 9.19. The molecule has 0 spiro atoms. The summed E-state index contributed by atoms with van der Waals surface area (Å²) in [6, 6.07) is 0. The van der Waals surface area contributed by atoms with E-state index in [0.717, 1.165) is 13.1 Å². The van der Waals surface area contributed by atoms with E-state index < -0.39 is 5.97 Å². The summed E-state index contributed by atoms with van der Waals surface area (Å²) in [6.07, 6.45) is 5.49. The summed E-state index contributed by atoms with van der Waals surface area (Å²) < 4.78 is 4.62. The van der Waals surface area contributed by atoms with E-state index in [4.69, 9.17) is 0 Å². The monoisotopic (exact) mass is 264 g/mol. The molecule has 1 aliphatic heterocycles. The van der Waals surface area contributed by atoms with E-state index in [1.165, 1.54) is 32.7 Å². The molecule has 0 saturated carbocycles. The Bertz CT molecular complexity index is 438. The van der Waals surface area contributed by atoms with Crippen LogP contribution in [0.3, 0.4) is 0 Å². The van der Waals surface area contributed by atoms with Gasteiger partial charge in [-0.25, -0.2) is 9.78 Å². The van der Waals surface area contributed by atoms with E-state index >= 15 is 0 Å². The van der Waals surface area contributed by atoms with Crippen LogP contribution in [0.25, 0.3) is 0 Å². The lowest BCUT2D eigenvalue weighted by Gasteiger charge is -2.29. The van der Waals surface area contributed by atoms with Gasteiger partial charge in [0.1, 0.15) is 5.82 Å². The van der Waals surface area contributed by atoms with Gasteiger partial charge in [0, 0.05) is 13.1 Å². The van der Waals surface area contributed by atoms with Crippen LogP contribution in [0.2, 0.25) is 0 Å². The van der Waals surface area contributed by atoms with Crippen molar-refractivity contribution in [3.8, 4) is 0 Å². The maximum atomic E-state index is 11.4. The fourth-order valence-electron chi connectivity index (χ4n) is 2.34. The highest BCUT2D eigenvalue weighted by atomic mass is 16.5. The van der Waals surface area contributed by atoms with Gasteiger partial charge in [0.05, 0.1) is 19.5 Å². The Morgan fingerprint density at radius 3 is 3.16 bits per heavy atom. The molecule has 1 aromatic rings. The van der Waals surface area contributed by atoms with E-state index in [2.05, 4.69) is 32.0 Å². The highest BCUT2D eigenvalue weighted by Crippen LogP contribution is 2.15. The molecule has 1 N–H and O–H groups in total. The number of rotatable bonds is 4. The average Bonchev–Trinajstić information content (AvgIpc) is 2.45. The third-order valence-corrected chi connectivity index (χ3v) is 3.32. The van der Waals surface area contributed by atoms with Crippen molar-refractivity contribution < 1.29 is 9.53 Å². The quantitative estimate of drug-likeness (QED) is 0.819. The Kier molecular flexibility index (Phi) is 4.68. The van der Waals surface area contributed by atoms with Crippen molar-refractivity contribution in [1.82, 2.24) is 14.9 Å². The topological polar surface area (TPSA) is 67.3 Å². The Morgan fingerprint density at radius 2 is 2.42 bits per heavy atom. The van der Waals surface area contributed by atoms with Crippen molar-refractivity contribution in [2.24, 2.45) is 5.92 Å². The fraction of sp³-hybridized carbons (Fsp3) is 0.615. The minimum atomic E-state index is -0.464. The molecule has 0 aromatic carbocycles. The number of methoxy groups -OCH3 is 1. The number of nitrogens with zero attached hydrogens (tertiary/aromatic N) is 3. The van der Waals surface area contributed by atoms with Crippen LogP contribution in [0, 0.1) is 5.92 Å². The van der Waals surface area contributed by atoms with Crippen molar-refractivity contribution in [3.63, 3.8) is 0 Å². The molecular formula is C13H20N4O2. The predicted octanol–water partition coefficient (Wildman–Crippen LogP) is 1.02. The number of carbonyl (C=O) groups excluding carboxylic acids is 1. The summed E-state index contributed by atoms with van der Waals surface area (Å²) in [5.74, 6) is 0.770. The zero-order valence-electron chi connectivity index (χ0n) is 11.4. The number of ether oxygens (including phenoxy) is 1. The molecule has 6 nitrogen and oxygen atoms in total. The Labute approximate surface area is 113 Å². The van der Waals surface area contributed by atoms with Crippen LogP contribution in [0.5, 0.6) is 0 Å². The van der Waals surface area contributed by atoms with Gasteiger partial charge in [-0.3, -0.25) is 4.98 Å². The van der Waals surface area contributed by atoms with E-state index in [0.29, 0.717) is 11.7 Å². The maximum absolute atomic E-state index is 11.4. The lowest BCUT2D eigenvalue weighted by molar-refractivity contribution is 0.0593. The lowest BCUT2D eigenvalue weighted by atomic mass is 9.98. The zero-order valence-corrected chi connectivity index (χ0v) is 11.4. The van der Waals surface area contributed by atoms with Crippen molar-refractivity contribution in [2.75, 3.05) is 39.1 Å². The summed E-state index contributed by atoms with van der Waals surface area (Å²) in [6.45, 7) is 3.12. The van der Waals surface area contributed by atoms with E-state index in [9.17, 15) is 4.79 Å². The van der Waals surface area contributed by atoms with Crippen LogP contribution < -0.4 is 5.32 Å². The molecule has 1 aromatic heterocycles. The minimum absolute atomic E-state index is 0.230. The number of hydrogen-bond acceptors (Lipinski definition) is 6. The average molecular weight is 264 g/mol. The predicted molar refractivity (Wildman–Crippen MR) is 72.1 cm³/mol. The largest absolute Gasteiger partial charge is 0.464 e. The second-order valence-electron chi connectivity index (χ2n) is 4.93. The molecule has 2 heterocycles. The van der Waals surface area contributed by atoms with Gasteiger partial charge in [-0.2, -0.15) is 0 Å². The number of anilines is 1. The number of nitrogens with one attached hydrogen (secondary N) is 1. The molecule has 2 rings (SSSR count). The Hall–Kier alpha value is -1.69. The minimum Gasteiger partial charge on any atom is -0.464 e. The molecule has 0 radical (unpaired) electrons. The first-order valence-corrected chi connectivity index (χ1v) is 6.52. The molecule has 0 bridgehead atoms. The van der Waals surface area contributed by atoms with Gasteiger partial charge in [0.25, 0.3) is 0 Å². The number of piperidine rings is 1. The van der Waals surface area contributed by atoms with E-state index in [1.807, 2.05) is 0 Å². The van der Waals surface area contributed by atoms with Gasteiger partial charge < -0.3 is 15.0 Å². The van der Waals surface area contributed by atoms with Crippen LogP contribution in [-0.4, -0.2) is 54.6 Å². The van der Waals surface area contributed by atoms with Crippen LogP contribution in [0.15, 0.2) is 12.4 Å². The molecule has 0 aliphatic carbocycles. The van der Waals surface area contributed by atoms with Crippen LogP contribution in [0.1, 0.15) is 23.3 Å². The third kappa shape index (κ3) is 3.89. The molecule has 1 atom stereocenters. The lowest BCUT2D eigenvalue weighted by Crippen LogP contribution is -2.35. The summed E-state index contributed by atoms with van der Waals surface area (Å²) in [7, 11) is 3.48. The van der Waals surface area contributed by atoms with Gasteiger partial charge >= 0.3 is 5.97 Å². The first kappa shape index (κ1) is 13.7. The van der Waals surface area contributed by atoms with Gasteiger partial charge in [-0.05, 0) is 32.4 Å². The molecular weight excluding hydrogens is 244 g/mol. The SMILES string of the molecule is COC(=O)c1cncc(NCC2CCCN(C)C2)n1. The molecule has 1 fully saturated rings. The molecule has 1 saturated heterocycles. The normalized spacial score (nSPS) is 20.0. The number of carbonyl (C=O) groups is 1. The van der Waals surface area contributed by atoms with Crippen LogP contribution >= 0.6 is 0 Å². The van der Waals surface area contributed by atoms with Gasteiger partial charge in [-0.15, -0.1) is 0 Å². The van der Waals surface area contributed by atoms with Crippen molar-refractivity contribution in [2.45, 2.75) is 12.8 Å². The highest BCUT2D eigenvalue weighted by Gasteiger charge is 2.17. The number of hydrogen-bond donors (Lipinski definition) is 1. The van der Waals surface area contributed by atoms with Gasteiger partial charge in [0.15, 0.2) is 5.69 Å². The number of likely N-dealkylation sites (tertiary alicyclic amines) is 1. The Balaban J connectivity index is 1.90. The maximum Gasteiger partial charge on any atom is 0.358 e. The van der Waals surface area contributed by atoms with Crippen molar-refractivity contribution in [1.29, 1.82) is 0 Å². The van der Waals surface area contributed by atoms with Crippen molar-refractivity contribution in [3.05, 3.63) is 18.1 Å². The van der Waals surface area contributed by atoms with Crippen LogP contribution in [-0.2, 0) is 4.74 Å². The smallest absolute Gasteiger partial charge is 0.358 e. The fourth-order valence-corrected chi connectivity index (χ4v) is 2.34. The van der Waals surface area contributed by atoms with Gasteiger partial charge in [0.2, 0.25) is 0 Å². The third-order valence-electron chi connectivity index (χ3n) is 3.32. The van der Waals surface area contributed by atoms with E-state index in [-0.39, 0.29) is 5.69 Å². The van der Waals surface area contributed by atoms with Crippen molar-refractivity contribution >= 4 is 11.8 Å². The summed E-state index contributed by atoms with van der Waals surface area (Å²) in [4.78, 5) is 21.9. The molecule has 6 heteroatoms. The van der Waals surface area contributed by atoms with Gasteiger partial charge in [-0.1, -0.05) is 0 Å². The first-order valence-electron chi connectivity index (χ1n) is 6.52. The second kappa shape index (κ2) is 6.47. The number of esters is 1. The second-order valence-corrected chi connectivity index (χ2v) is 4.93. The standard InChI is InChI=1S/C13H20N4O2/c1-17-5-3-4-10(9-17)6-15-12-8-14-7-11(16-12)13(18)19-2/h7-8,10H,3-6,9H2,1-2H3,(H,15,16).